The van der Waals surface area contributed by atoms with E-state index in [1.807, 2.05) is 12.3 Å². The van der Waals surface area contributed by atoms with Gasteiger partial charge in [-0.1, -0.05) is 0 Å². The van der Waals surface area contributed by atoms with Gasteiger partial charge < -0.3 is 10.2 Å². The molecule has 0 amide bonds. The first kappa shape index (κ1) is 4.35. The van der Waals surface area contributed by atoms with Crippen molar-refractivity contribution in [2.24, 2.45) is 0 Å². The third-order valence-electron chi connectivity index (χ3n) is 1.22. The summed E-state index contributed by atoms with van der Waals surface area (Å²) in [6.07, 6.45) is 3.89. The van der Waals surface area contributed by atoms with E-state index in [4.69, 9.17) is 4.74 Å². The van der Waals surface area contributed by atoms with Crippen LogP contribution >= 0.6 is 0 Å². The number of hydrogen-bond donors (Lipinski definition) is 1. The number of hydrazine groups is 1. The maximum Gasteiger partial charge on any atom is 0.148 e. The monoisotopic (exact) mass is 110 g/mol. The van der Waals surface area contributed by atoms with Crippen molar-refractivity contribution in [1.29, 1.82) is 0 Å². The van der Waals surface area contributed by atoms with Crippen molar-refractivity contribution in [1.82, 2.24) is 10.4 Å². The number of fused-ring (bicyclic) bond motifs is 1. The average Bonchev–Trinajstić information content (AvgIpc) is 2.15. The predicted octanol–water partition coefficient (Wildman–Crippen LogP) is -0.285. The van der Waals surface area contributed by atoms with Crippen molar-refractivity contribution in [3.63, 3.8) is 0 Å². The topological polar surface area (TPSA) is 24.5 Å². The predicted molar refractivity (Wildman–Crippen MR) is 27.1 cm³/mol. The van der Waals surface area contributed by atoms with E-state index in [0.717, 1.165) is 0 Å². The Morgan fingerprint density at radius 1 is 1.88 bits per heavy atom. The van der Waals surface area contributed by atoms with Crippen LogP contribution in [0.1, 0.15) is 0 Å². The molecular formula is C5H6N2O. The van der Waals surface area contributed by atoms with E-state index in [9.17, 15) is 0 Å². The zero-order chi connectivity index (χ0) is 5.40. The Balaban J connectivity index is 2.13. The summed E-state index contributed by atoms with van der Waals surface area (Å²) in [6.45, 7) is 3.56. The van der Waals surface area contributed by atoms with E-state index in [-0.39, 0.29) is 6.23 Å². The molecule has 0 spiro atoms. The molecule has 0 bridgehead atoms. The van der Waals surface area contributed by atoms with E-state index in [1.54, 1.807) is 5.01 Å². The molecule has 2 aliphatic rings. The van der Waals surface area contributed by atoms with Gasteiger partial charge in [-0.3, -0.25) is 0 Å². The molecule has 2 aliphatic heterocycles. The molecule has 0 aromatic heterocycles. The number of nitrogens with zero attached hydrogens (tertiary/aromatic N) is 1. The van der Waals surface area contributed by atoms with Crippen LogP contribution in [-0.2, 0) is 4.74 Å². The summed E-state index contributed by atoms with van der Waals surface area (Å²) in [4.78, 5) is 0. The Morgan fingerprint density at radius 3 is 3.75 bits per heavy atom. The standard InChI is InChI=1S/C5H6N2O/c1-2-6-7-3-4-8-5(1)7/h1-2,5-6H,4H2. The molecule has 0 aromatic carbocycles. The van der Waals surface area contributed by atoms with Crippen molar-refractivity contribution in [2.75, 3.05) is 6.61 Å². The molecule has 2 radical (unpaired) electrons. The highest BCUT2D eigenvalue weighted by atomic mass is 16.5. The van der Waals surface area contributed by atoms with Gasteiger partial charge in [0.25, 0.3) is 0 Å². The molecule has 3 nitrogen and oxygen atoms in total. The Bertz CT molecular complexity index is 124. The lowest BCUT2D eigenvalue weighted by Crippen LogP contribution is -2.29. The molecule has 42 valence electrons. The molecule has 0 aromatic rings. The summed E-state index contributed by atoms with van der Waals surface area (Å²) in [6, 6.07) is 0. The second-order valence-corrected chi connectivity index (χ2v) is 1.72. The SMILES string of the molecule is [C]1COC2C=CNN12. The zero-order valence-electron chi connectivity index (χ0n) is 4.29. The first-order valence-electron chi connectivity index (χ1n) is 2.54. The van der Waals surface area contributed by atoms with Gasteiger partial charge >= 0.3 is 0 Å². The van der Waals surface area contributed by atoms with Crippen LogP contribution in [0.15, 0.2) is 12.3 Å². The van der Waals surface area contributed by atoms with Gasteiger partial charge in [-0.2, -0.15) is 5.01 Å². The average molecular weight is 110 g/mol. The third-order valence-corrected chi connectivity index (χ3v) is 1.22. The van der Waals surface area contributed by atoms with Crippen LogP contribution < -0.4 is 5.43 Å². The molecule has 1 fully saturated rings. The van der Waals surface area contributed by atoms with Gasteiger partial charge in [0.1, 0.15) is 12.8 Å². The lowest BCUT2D eigenvalue weighted by Gasteiger charge is -2.10. The molecule has 1 unspecified atom stereocenters. The van der Waals surface area contributed by atoms with Crippen LogP contribution in [0, 0.1) is 6.54 Å². The molecule has 8 heavy (non-hydrogen) atoms. The van der Waals surface area contributed by atoms with Gasteiger partial charge in [0.15, 0.2) is 0 Å². The summed E-state index contributed by atoms with van der Waals surface area (Å²) in [7, 11) is 0. The molecule has 1 saturated heterocycles. The van der Waals surface area contributed by atoms with Gasteiger partial charge in [-0.25, -0.2) is 0 Å². The van der Waals surface area contributed by atoms with E-state index >= 15 is 0 Å². The Hall–Kier alpha value is -0.540. The molecule has 0 saturated carbocycles. The molecule has 2 rings (SSSR count). The van der Waals surface area contributed by atoms with Crippen LogP contribution in [0.2, 0.25) is 0 Å². The van der Waals surface area contributed by atoms with Crippen molar-refractivity contribution < 1.29 is 4.74 Å². The zero-order valence-corrected chi connectivity index (χ0v) is 4.29. The number of hydrogen-bond acceptors (Lipinski definition) is 3. The Kier molecular flexibility index (Phi) is 0.797. The summed E-state index contributed by atoms with van der Waals surface area (Å²) in [5.74, 6) is 0. The number of ether oxygens (including phenoxy) is 1. The molecule has 1 N–H and O–H groups in total. The smallest absolute Gasteiger partial charge is 0.148 e. The molecule has 2 heterocycles. The van der Waals surface area contributed by atoms with Gasteiger partial charge in [0, 0.05) is 6.20 Å². The second-order valence-electron chi connectivity index (χ2n) is 1.72. The first-order chi connectivity index (χ1) is 3.97. The minimum atomic E-state index is 0.106. The van der Waals surface area contributed by atoms with Crippen LogP contribution in [-0.4, -0.2) is 17.8 Å². The second kappa shape index (κ2) is 1.47. The van der Waals surface area contributed by atoms with Gasteiger partial charge in [-0.05, 0) is 6.08 Å². The van der Waals surface area contributed by atoms with Crippen molar-refractivity contribution in [2.45, 2.75) is 6.23 Å². The molecule has 3 heteroatoms. The Morgan fingerprint density at radius 2 is 2.88 bits per heavy atom. The highest BCUT2D eigenvalue weighted by Crippen LogP contribution is 2.14. The summed E-state index contributed by atoms with van der Waals surface area (Å²) in [5.41, 5.74) is 2.94. The quantitative estimate of drug-likeness (QED) is 0.464. The van der Waals surface area contributed by atoms with Crippen LogP contribution in [0.25, 0.3) is 0 Å². The summed E-state index contributed by atoms with van der Waals surface area (Å²) >= 11 is 0. The Labute approximate surface area is 47.9 Å². The van der Waals surface area contributed by atoms with Crippen LogP contribution in [0.3, 0.4) is 0 Å². The van der Waals surface area contributed by atoms with Crippen LogP contribution in [0.5, 0.6) is 0 Å². The van der Waals surface area contributed by atoms with Gasteiger partial charge in [0.2, 0.25) is 0 Å². The van der Waals surface area contributed by atoms with Crippen molar-refractivity contribution >= 4 is 0 Å². The molecular weight excluding hydrogens is 104 g/mol. The van der Waals surface area contributed by atoms with E-state index in [2.05, 4.69) is 12.0 Å². The summed E-state index contributed by atoms with van der Waals surface area (Å²) in [5, 5.41) is 1.81. The van der Waals surface area contributed by atoms with Gasteiger partial charge in [0.05, 0.1) is 6.61 Å². The minimum absolute atomic E-state index is 0.106. The third kappa shape index (κ3) is 0.454. The maximum absolute atomic E-state index is 5.14. The number of rotatable bonds is 0. The molecule has 1 atom stereocenters. The van der Waals surface area contributed by atoms with Crippen molar-refractivity contribution in [3.8, 4) is 0 Å². The normalized spacial score (nSPS) is 35.2. The van der Waals surface area contributed by atoms with E-state index < -0.39 is 0 Å². The van der Waals surface area contributed by atoms with E-state index in [1.165, 1.54) is 0 Å². The van der Waals surface area contributed by atoms with Crippen molar-refractivity contribution in [3.05, 3.63) is 18.8 Å². The summed E-state index contributed by atoms with van der Waals surface area (Å²) < 4.78 is 5.14. The lowest BCUT2D eigenvalue weighted by atomic mass is 10.6. The highest BCUT2D eigenvalue weighted by molar-refractivity contribution is 4.99. The fraction of sp³-hybridized carbons (Fsp3) is 0.400. The van der Waals surface area contributed by atoms with E-state index in [0.29, 0.717) is 6.61 Å². The fourth-order valence-electron chi connectivity index (χ4n) is 0.823. The minimum Gasteiger partial charge on any atom is -0.356 e. The van der Waals surface area contributed by atoms with Gasteiger partial charge in [-0.15, -0.1) is 0 Å². The lowest BCUT2D eigenvalue weighted by molar-refractivity contribution is 0.0717. The fourth-order valence-corrected chi connectivity index (χ4v) is 0.823. The maximum atomic E-state index is 5.14. The number of nitrogens with one attached hydrogen (secondary N) is 1. The first-order valence-corrected chi connectivity index (χ1v) is 2.54. The largest absolute Gasteiger partial charge is 0.356 e. The van der Waals surface area contributed by atoms with Crippen LogP contribution in [0.4, 0.5) is 0 Å². The highest BCUT2D eigenvalue weighted by Gasteiger charge is 2.26. The molecule has 0 aliphatic carbocycles.